The van der Waals surface area contributed by atoms with Gasteiger partial charge >= 0.3 is 0 Å². The minimum atomic E-state index is -0.576. The summed E-state index contributed by atoms with van der Waals surface area (Å²) in [6, 6.07) is 0. The van der Waals surface area contributed by atoms with E-state index in [0.29, 0.717) is 5.71 Å². The van der Waals surface area contributed by atoms with Crippen LogP contribution in [0, 0.1) is 57.3 Å². The van der Waals surface area contributed by atoms with E-state index in [-0.39, 0.29) is 69.4 Å². The largest absolute Gasteiger partial charge is 0.411 e. The van der Waals surface area contributed by atoms with Crippen LogP contribution in [0.1, 0.15) is 99.8 Å². The van der Waals surface area contributed by atoms with Gasteiger partial charge in [-0.2, -0.15) is 0 Å². The van der Waals surface area contributed by atoms with Gasteiger partial charge in [0.2, 0.25) is 5.70 Å². The summed E-state index contributed by atoms with van der Waals surface area (Å²) in [6.45, 7) is 22.6. The standard InChI is InChI=1S/C33H44N2O4/c1-19(35-39)15-26(37)33-13-11-29(3,4)17-22(33)27-24(36)16-25-30(5)18-23(34-8)28(38)20(2)21(30)9-10-31(25,6)32(27,7)12-14-33/h16,18,20-22,27,39H,9-15,17H2,1-7H3/b35-19+/t20-,21-,22-,27-,30-,31+,32+,33-/m0/s1. The van der Waals surface area contributed by atoms with Crippen molar-refractivity contribution in [2.75, 3.05) is 0 Å². The molecule has 0 aliphatic heterocycles. The smallest absolute Gasteiger partial charge is 0.226 e. The van der Waals surface area contributed by atoms with Crippen molar-refractivity contribution in [3.05, 3.63) is 34.8 Å². The highest BCUT2D eigenvalue weighted by molar-refractivity contribution is 6.04. The summed E-state index contributed by atoms with van der Waals surface area (Å²) in [5.74, 6) is -0.345. The number of hydrogen-bond donors (Lipinski definition) is 1. The Bertz CT molecular complexity index is 1280. The molecule has 5 aliphatic carbocycles. The van der Waals surface area contributed by atoms with Gasteiger partial charge in [0.1, 0.15) is 5.78 Å². The fourth-order valence-corrected chi connectivity index (χ4v) is 10.2. The second kappa shape index (κ2) is 8.72. The Balaban J connectivity index is 1.66. The van der Waals surface area contributed by atoms with Gasteiger partial charge in [0.05, 0.1) is 12.3 Å². The molecule has 0 aromatic carbocycles. The van der Waals surface area contributed by atoms with E-state index in [4.69, 9.17) is 6.57 Å². The molecule has 210 valence electrons. The Morgan fingerprint density at radius 1 is 1.08 bits per heavy atom. The van der Waals surface area contributed by atoms with E-state index < -0.39 is 10.8 Å². The van der Waals surface area contributed by atoms with Crippen molar-refractivity contribution >= 4 is 23.1 Å². The summed E-state index contributed by atoms with van der Waals surface area (Å²) < 4.78 is 0. The second-order valence-corrected chi connectivity index (χ2v) is 15.0. The minimum Gasteiger partial charge on any atom is -0.411 e. The molecule has 0 radical (unpaired) electrons. The maximum Gasteiger partial charge on any atom is 0.226 e. The Morgan fingerprint density at radius 2 is 1.74 bits per heavy atom. The van der Waals surface area contributed by atoms with Crippen LogP contribution in [0.5, 0.6) is 0 Å². The number of allylic oxidation sites excluding steroid dienone is 4. The lowest BCUT2D eigenvalue weighted by Gasteiger charge is -2.68. The van der Waals surface area contributed by atoms with Crippen LogP contribution in [-0.4, -0.2) is 28.3 Å². The molecule has 3 fully saturated rings. The van der Waals surface area contributed by atoms with E-state index >= 15 is 0 Å². The van der Waals surface area contributed by atoms with Crippen LogP contribution in [0.4, 0.5) is 0 Å². The first-order chi connectivity index (χ1) is 18.1. The summed E-state index contributed by atoms with van der Waals surface area (Å²) in [4.78, 5) is 45.0. The molecule has 0 saturated heterocycles. The van der Waals surface area contributed by atoms with Crippen LogP contribution in [0.25, 0.3) is 4.85 Å². The number of carbonyl (C=O) groups is 3. The highest BCUT2D eigenvalue weighted by atomic mass is 16.4. The monoisotopic (exact) mass is 532 g/mol. The molecular weight excluding hydrogens is 488 g/mol. The van der Waals surface area contributed by atoms with E-state index in [0.717, 1.165) is 50.5 Å². The lowest BCUT2D eigenvalue weighted by atomic mass is 9.34. The van der Waals surface area contributed by atoms with Gasteiger partial charge in [0.15, 0.2) is 11.6 Å². The lowest BCUT2D eigenvalue weighted by Crippen LogP contribution is -2.65. The van der Waals surface area contributed by atoms with Crippen molar-refractivity contribution in [1.29, 1.82) is 0 Å². The van der Waals surface area contributed by atoms with Gasteiger partial charge in [0.25, 0.3) is 0 Å². The Morgan fingerprint density at radius 3 is 2.38 bits per heavy atom. The van der Waals surface area contributed by atoms with E-state index in [1.54, 1.807) is 6.92 Å². The zero-order valence-electron chi connectivity index (χ0n) is 24.7. The van der Waals surface area contributed by atoms with Crippen molar-refractivity contribution in [1.82, 2.24) is 0 Å². The van der Waals surface area contributed by atoms with E-state index in [1.165, 1.54) is 0 Å². The molecule has 0 bridgehead atoms. The molecule has 0 unspecified atom stereocenters. The normalized spacial score (nSPS) is 45.0. The summed E-state index contributed by atoms with van der Waals surface area (Å²) >= 11 is 0. The fraction of sp³-hybridized carbons (Fsp3) is 0.727. The van der Waals surface area contributed by atoms with Crippen molar-refractivity contribution < 1.29 is 19.6 Å². The van der Waals surface area contributed by atoms with Gasteiger partial charge in [-0.1, -0.05) is 58.3 Å². The molecule has 0 amide bonds. The first-order valence-corrected chi connectivity index (χ1v) is 14.7. The molecule has 3 saturated carbocycles. The van der Waals surface area contributed by atoms with Crippen LogP contribution in [-0.2, 0) is 14.4 Å². The van der Waals surface area contributed by atoms with Gasteiger partial charge in [-0.25, -0.2) is 4.85 Å². The van der Waals surface area contributed by atoms with Gasteiger partial charge in [0, 0.05) is 29.1 Å². The molecule has 39 heavy (non-hydrogen) atoms. The fourth-order valence-electron chi connectivity index (χ4n) is 10.2. The van der Waals surface area contributed by atoms with Crippen molar-refractivity contribution in [2.24, 2.45) is 55.9 Å². The number of Topliss-reactive ketones (excluding diaryl/α,β-unsaturated/α-hetero) is 2. The average Bonchev–Trinajstić information content (AvgIpc) is 2.87. The molecule has 0 aromatic rings. The van der Waals surface area contributed by atoms with Crippen molar-refractivity contribution in [3.63, 3.8) is 0 Å². The maximum absolute atomic E-state index is 14.5. The van der Waals surface area contributed by atoms with E-state index in [2.05, 4.69) is 44.6 Å². The summed E-state index contributed by atoms with van der Waals surface area (Å²) in [5, 5.41) is 12.6. The third-order valence-electron chi connectivity index (χ3n) is 12.6. The predicted molar refractivity (Wildman–Crippen MR) is 150 cm³/mol. The predicted octanol–water partition coefficient (Wildman–Crippen LogP) is 6.98. The van der Waals surface area contributed by atoms with Gasteiger partial charge < -0.3 is 10.0 Å². The molecule has 0 spiro atoms. The van der Waals surface area contributed by atoms with Crippen LogP contribution in [0.3, 0.4) is 0 Å². The van der Waals surface area contributed by atoms with Gasteiger partial charge in [-0.15, -0.1) is 0 Å². The number of ketones is 3. The minimum absolute atomic E-state index is 0.0358. The summed E-state index contributed by atoms with van der Waals surface area (Å²) in [5.41, 5.74) is 0.0448. The quantitative estimate of drug-likeness (QED) is 0.184. The number of carbonyl (C=O) groups excluding carboxylic acids is 3. The Kier molecular flexibility index (Phi) is 6.26. The first-order valence-electron chi connectivity index (χ1n) is 14.7. The summed E-state index contributed by atoms with van der Waals surface area (Å²) in [7, 11) is 0. The zero-order valence-corrected chi connectivity index (χ0v) is 24.7. The number of hydrogen-bond acceptors (Lipinski definition) is 5. The average molecular weight is 533 g/mol. The van der Waals surface area contributed by atoms with Gasteiger partial charge in [-0.05, 0) is 86.0 Å². The number of fused-ring (bicyclic) bond motifs is 7. The molecule has 6 nitrogen and oxygen atoms in total. The van der Waals surface area contributed by atoms with Crippen molar-refractivity contribution in [2.45, 2.75) is 99.8 Å². The molecule has 5 aliphatic rings. The van der Waals surface area contributed by atoms with Crippen LogP contribution >= 0.6 is 0 Å². The molecule has 8 atom stereocenters. The SMILES string of the molecule is [C-]#[N+]C1=C[C@]2(C)C3=CC(=O)[C@@H]4[C@@H]5CC(C)(C)CC[C@]5(C(=O)C/C(C)=N/O)CC[C@@]4(C)[C@]3(C)CC[C@H]2[C@H](C)C1=O. The van der Waals surface area contributed by atoms with E-state index in [1.807, 2.05) is 19.1 Å². The van der Waals surface area contributed by atoms with E-state index in [9.17, 15) is 19.6 Å². The third-order valence-corrected chi connectivity index (χ3v) is 12.6. The highest BCUT2D eigenvalue weighted by Gasteiger charge is 2.69. The molecule has 6 heteroatoms. The Labute approximate surface area is 233 Å². The number of oxime groups is 1. The highest BCUT2D eigenvalue weighted by Crippen LogP contribution is 2.74. The topological polar surface area (TPSA) is 88.2 Å². The summed E-state index contributed by atoms with van der Waals surface area (Å²) in [6.07, 6.45) is 9.73. The molecule has 0 heterocycles. The van der Waals surface area contributed by atoms with Crippen LogP contribution in [0.2, 0.25) is 0 Å². The zero-order chi connectivity index (χ0) is 28.8. The second-order valence-electron chi connectivity index (χ2n) is 15.0. The first kappa shape index (κ1) is 28.0. The number of rotatable bonds is 3. The van der Waals surface area contributed by atoms with Crippen LogP contribution in [0.15, 0.2) is 28.6 Å². The Hall–Kier alpha value is -2.55. The van der Waals surface area contributed by atoms with Crippen molar-refractivity contribution in [3.8, 4) is 0 Å². The maximum atomic E-state index is 14.5. The molecule has 1 N–H and O–H groups in total. The lowest BCUT2D eigenvalue weighted by molar-refractivity contribution is -0.175. The molecule has 0 aromatic heterocycles. The van der Waals surface area contributed by atoms with Gasteiger partial charge in [-0.3, -0.25) is 9.59 Å². The third kappa shape index (κ3) is 3.64. The van der Waals surface area contributed by atoms with Crippen LogP contribution < -0.4 is 0 Å². The molecular formula is C33H44N2O4. The number of nitrogens with zero attached hydrogens (tertiary/aromatic N) is 2. The molecule has 5 rings (SSSR count).